The number of amides is 2. The van der Waals surface area contributed by atoms with E-state index < -0.39 is 47.5 Å². The molecule has 3 heterocycles. The van der Waals surface area contributed by atoms with Crippen LogP contribution in [-0.2, 0) is 23.9 Å². The summed E-state index contributed by atoms with van der Waals surface area (Å²) in [6, 6.07) is 3.70. The van der Waals surface area contributed by atoms with Crippen LogP contribution in [0.4, 0.5) is 5.69 Å². The summed E-state index contributed by atoms with van der Waals surface area (Å²) in [5, 5.41) is 13.5. The van der Waals surface area contributed by atoms with Gasteiger partial charge in [-0.2, -0.15) is 0 Å². The highest BCUT2D eigenvalue weighted by atomic mass is 35.5. The summed E-state index contributed by atoms with van der Waals surface area (Å²) in [7, 11) is 0. The van der Waals surface area contributed by atoms with E-state index in [1.807, 2.05) is 26.8 Å². The minimum Gasteiger partial charge on any atom is -0.466 e. The van der Waals surface area contributed by atoms with Crippen LogP contribution in [0.15, 0.2) is 18.2 Å². The van der Waals surface area contributed by atoms with E-state index in [9.17, 15) is 19.5 Å². The van der Waals surface area contributed by atoms with E-state index in [1.54, 1.807) is 19.1 Å². The molecular formula is C24H31ClN2O6. The lowest BCUT2D eigenvalue weighted by Gasteiger charge is -2.38. The Bertz CT molecular complexity index is 948. The normalized spacial score (nSPS) is 31.1. The molecule has 8 nitrogen and oxygen atoms in total. The Hall–Kier alpha value is -2.16. The van der Waals surface area contributed by atoms with Crippen LogP contribution in [0.25, 0.3) is 0 Å². The van der Waals surface area contributed by atoms with Crippen molar-refractivity contribution in [1.82, 2.24) is 4.90 Å². The number of nitrogens with one attached hydrogen (secondary N) is 1. The van der Waals surface area contributed by atoms with Crippen LogP contribution in [-0.4, -0.2) is 64.8 Å². The number of likely N-dealkylation sites (tertiary alicyclic amines) is 1. The van der Waals surface area contributed by atoms with Gasteiger partial charge < -0.3 is 24.8 Å². The van der Waals surface area contributed by atoms with Crippen LogP contribution >= 0.6 is 11.6 Å². The van der Waals surface area contributed by atoms with Gasteiger partial charge in [-0.3, -0.25) is 14.4 Å². The molecule has 0 saturated carbocycles. The molecule has 180 valence electrons. The largest absolute Gasteiger partial charge is 0.466 e. The van der Waals surface area contributed by atoms with Gasteiger partial charge in [0.05, 0.1) is 47.9 Å². The fourth-order valence-electron chi connectivity index (χ4n) is 5.86. The number of carbonyl (C=O) groups excluding carboxylic acids is 3. The number of aryl methyl sites for hydroxylation is 1. The summed E-state index contributed by atoms with van der Waals surface area (Å²) in [6.45, 7) is 7.20. The van der Waals surface area contributed by atoms with E-state index in [0.717, 1.165) is 5.56 Å². The first-order chi connectivity index (χ1) is 15.7. The number of hydrogen-bond acceptors (Lipinski definition) is 6. The first kappa shape index (κ1) is 24.0. The summed E-state index contributed by atoms with van der Waals surface area (Å²) < 4.78 is 11.6. The first-order valence-electron chi connectivity index (χ1n) is 11.5. The van der Waals surface area contributed by atoms with E-state index in [-0.39, 0.29) is 25.0 Å². The Labute approximate surface area is 198 Å². The van der Waals surface area contributed by atoms with Gasteiger partial charge in [-0.25, -0.2) is 0 Å². The average Bonchev–Trinajstić information content (AvgIpc) is 3.39. The maximum atomic E-state index is 13.8. The third-order valence-electron chi connectivity index (χ3n) is 7.33. The van der Waals surface area contributed by atoms with E-state index in [0.29, 0.717) is 23.6 Å². The number of esters is 1. The average molecular weight is 479 g/mol. The summed E-state index contributed by atoms with van der Waals surface area (Å²) in [6.07, 6.45) is 0.557. The number of hydrogen-bond donors (Lipinski definition) is 2. The maximum Gasteiger partial charge on any atom is 0.312 e. The number of para-hydroxylation sites is 1. The lowest BCUT2D eigenvalue weighted by Crippen LogP contribution is -2.57. The molecule has 1 aromatic carbocycles. The zero-order valence-electron chi connectivity index (χ0n) is 19.3. The van der Waals surface area contributed by atoms with Crippen molar-refractivity contribution < 1.29 is 29.0 Å². The van der Waals surface area contributed by atoms with Crippen LogP contribution in [0.1, 0.15) is 39.2 Å². The Morgan fingerprint density at radius 3 is 2.73 bits per heavy atom. The number of halogens is 1. The van der Waals surface area contributed by atoms with Crippen molar-refractivity contribution >= 4 is 35.1 Å². The van der Waals surface area contributed by atoms with Crippen molar-refractivity contribution in [3.8, 4) is 0 Å². The summed E-state index contributed by atoms with van der Waals surface area (Å²) in [5.41, 5.74) is 0.0983. The van der Waals surface area contributed by atoms with E-state index >= 15 is 0 Å². The molecule has 6 atom stereocenters. The van der Waals surface area contributed by atoms with Gasteiger partial charge in [-0.15, -0.1) is 0 Å². The maximum absolute atomic E-state index is 13.8. The molecule has 3 aliphatic heterocycles. The van der Waals surface area contributed by atoms with Gasteiger partial charge >= 0.3 is 5.97 Å². The molecule has 3 fully saturated rings. The lowest BCUT2D eigenvalue weighted by atomic mass is 9.70. The predicted octanol–water partition coefficient (Wildman–Crippen LogP) is 2.54. The number of aliphatic hydroxyl groups excluding tert-OH is 1. The Morgan fingerprint density at radius 1 is 1.39 bits per heavy atom. The molecule has 2 N–H and O–H groups in total. The van der Waals surface area contributed by atoms with Crippen LogP contribution in [0, 0.1) is 24.7 Å². The molecule has 4 rings (SSSR count). The molecule has 0 aromatic heterocycles. The Morgan fingerprint density at radius 2 is 2.12 bits per heavy atom. The minimum atomic E-state index is -1.15. The summed E-state index contributed by atoms with van der Waals surface area (Å²) in [5.74, 6) is -2.98. The van der Waals surface area contributed by atoms with Gasteiger partial charge in [0.15, 0.2) is 0 Å². The number of rotatable bonds is 7. The van der Waals surface area contributed by atoms with Gasteiger partial charge in [0.1, 0.15) is 11.6 Å². The molecule has 2 bridgehead atoms. The number of ether oxygens (including phenoxy) is 2. The highest BCUT2D eigenvalue weighted by Gasteiger charge is 2.75. The smallest absolute Gasteiger partial charge is 0.312 e. The van der Waals surface area contributed by atoms with Gasteiger partial charge in [-0.1, -0.05) is 37.6 Å². The fraction of sp³-hybridized carbons (Fsp3) is 0.625. The zero-order chi connectivity index (χ0) is 24.1. The molecule has 0 radical (unpaired) electrons. The molecular weight excluding hydrogens is 448 g/mol. The van der Waals surface area contributed by atoms with Crippen molar-refractivity contribution in [1.29, 1.82) is 0 Å². The third-order valence-corrected chi connectivity index (χ3v) is 7.64. The SMILES string of the molecule is CCOC(=O)[C@@H]1[C@@H]2CCC3(O2)C(C(=O)Nc2c(C)cccc2Cl)N([C@@H](CO)C(C)C)C(=O)[C@H]13. The monoisotopic (exact) mass is 478 g/mol. The van der Waals surface area contributed by atoms with E-state index in [1.165, 1.54) is 4.90 Å². The fourth-order valence-corrected chi connectivity index (χ4v) is 6.13. The van der Waals surface area contributed by atoms with Crippen molar-refractivity contribution in [2.45, 2.75) is 64.3 Å². The number of fused-ring (bicyclic) bond motifs is 1. The van der Waals surface area contributed by atoms with Crippen molar-refractivity contribution in [2.24, 2.45) is 17.8 Å². The van der Waals surface area contributed by atoms with E-state index in [4.69, 9.17) is 21.1 Å². The molecule has 3 aliphatic rings. The number of anilines is 1. The van der Waals surface area contributed by atoms with Crippen molar-refractivity contribution in [2.75, 3.05) is 18.5 Å². The summed E-state index contributed by atoms with van der Waals surface area (Å²) in [4.78, 5) is 41.9. The molecule has 2 amide bonds. The summed E-state index contributed by atoms with van der Waals surface area (Å²) >= 11 is 6.35. The van der Waals surface area contributed by atoms with Gasteiger partial charge in [-0.05, 0) is 44.2 Å². The zero-order valence-corrected chi connectivity index (χ0v) is 20.1. The van der Waals surface area contributed by atoms with Crippen LogP contribution in [0.5, 0.6) is 0 Å². The van der Waals surface area contributed by atoms with Crippen molar-refractivity contribution in [3.05, 3.63) is 28.8 Å². The molecule has 2 unspecified atom stereocenters. The standard InChI is InChI=1S/C24H31ClN2O6/c1-5-32-23(31)17-16-9-10-24(33-16)18(17)22(30)27(15(11-28)12(2)3)20(24)21(29)26-19-13(4)7-6-8-14(19)25/h6-8,12,15-18,20,28H,5,9-11H2,1-4H3,(H,26,29)/t15-,16-,17+,18-,20?,24?/m0/s1. The number of aliphatic hydroxyl groups is 1. The molecule has 33 heavy (non-hydrogen) atoms. The number of nitrogens with zero attached hydrogens (tertiary/aromatic N) is 1. The van der Waals surface area contributed by atoms with Crippen LogP contribution in [0.2, 0.25) is 5.02 Å². The minimum absolute atomic E-state index is 0.121. The highest BCUT2D eigenvalue weighted by molar-refractivity contribution is 6.34. The number of benzene rings is 1. The lowest BCUT2D eigenvalue weighted by molar-refractivity contribution is -0.155. The van der Waals surface area contributed by atoms with E-state index in [2.05, 4.69) is 5.32 Å². The second-order valence-electron chi connectivity index (χ2n) is 9.47. The van der Waals surface area contributed by atoms with Gasteiger partial charge in [0.25, 0.3) is 0 Å². The van der Waals surface area contributed by atoms with Crippen molar-refractivity contribution in [3.63, 3.8) is 0 Å². The van der Waals surface area contributed by atoms with Gasteiger partial charge in [0.2, 0.25) is 11.8 Å². The molecule has 0 aliphatic carbocycles. The topological polar surface area (TPSA) is 105 Å². The molecule has 1 spiro atoms. The van der Waals surface area contributed by atoms with Crippen LogP contribution < -0.4 is 5.32 Å². The Kier molecular flexibility index (Phi) is 6.46. The highest BCUT2D eigenvalue weighted by Crippen LogP contribution is 2.59. The third kappa shape index (κ3) is 3.63. The second-order valence-corrected chi connectivity index (χ2v) is 9.88. The quantitative estimate of drug-likeness (QED) is 0.583. The predicted molar refractivity (Wildman–Crippen MR) is 122 cm³/mol. The Balaban J connectivity index is 1.78. The molecule has 1 aromatic rings. The molecule has 9 heteroatoms. The van der Waals surface area contributed by atoms with Crippen LogP contribution in [0.3, 0.4) is 0 Å². The first-order valence-corrected chi connectivity index (χ1v) is 11.9. The van der Waals surface area contributed by atoms with Gasteiger partial charge in [0, 0.05) is 0 Å². The number of carbonyl (C=O) groups is 3. The molecule has 3 saturated heterocycles. The second kappa shape index (κ2) is 8.89.